The molecule has 1 N–H and O–H groups in total. The predicted octanol–water partition coefficient (Wildman–Crippen LogP) is 3.73. The van der Waals surface area contributed by atoms with Crippen molar-refractivity contribution in [3.05, 3.63) is 76.1 Å². The number of carbonyl (C=O) groups is 1. The lowest BCUT2D eigenvalue weighted by Gasteiger charge is -2.17. The van der Waals surface area contributed by atoms with Crippen molar-refractivity contribution < 1.29 is 22.0 Å². The van der Waals surface area contributed by atoms with Crippen LogP contribution in [0.3, 0.4) is 0 Å². The van der Waals surface area contributed by atoms with Crippen molar-refractivity contribution in [1.29, 1.82) is 0 Å². The number of thiophene rings is 1. The second kappa shape index (κ2) is 7.43. The normalized spacial score (nSPS) is 12.7. The molecule has 8 heteroatoms. The molecule has 1 amide bonds. The molecule has 1 unspecified atom stereocenters. The number of amides is 1. The molecule has 0 saturated heterocycles. The fourth-order valence-electron chi connectivity index (χ4n) is 2.48. The number of rotatable bonds is 6. The van der Waals surface area contributed by atoms with E-state index in [4.69, 9.17) is 4.42 Å². The summed E-state index contributed by atoms with van der Waals surface area (Å²) in [5.41, 5.74) is 0.229. The van der Waals surface area contributed by atoms with Crippen LogP contribution in [0.5, 0.6) is 0 Å². The average Bonchev–Trinajstić information content (AvgIpc) is 3.30. The molecule has 5 nitrogen and oxygen atoms in total. The molecule has 0 fully saturated rings. The van der Waals surface area contributed by atoms with Crippen LogP contribution >= 0.6 is 11.3 Å². The molecule has 0 radical (unpaired) electrons. The van der Waals surface area contributed by atoms with Gasteiger partial charge in [-0.3, -0.25) is 4.79 Å². The number of hydrogen-bond donors (Lipinski definition) is 1. The van der Waals surface area contributed by atoms with Gasteiger partial charge in [0.25, 0.3) is 5.91 Å². The molecule has 3 rings (SSSR count). The first-order chi connectivity index (χ1) is 12.4. The van der Waals surface area contributed by atoms with E-state index in [-0.39, 0.29) is 28.7 Å². The van der Waals surface area contributed by atoms with Gasteiger partial charge in [-0.1, -0.05) is 6.07 Å². The van der Waals surface area contributed by atoms with E-state index in [9.17, 15) is 17.6 Å². The third kappa shape index (κ3) is 3.71. The number of halogens is 1. The second-order valence-electron chi connectivity index (χ2n) is 5.65. The molecular formula is C18H16FNO4S2. The third-order valence-electron chi connectivity index (χ3n) is 3.89. The molecule has 1 aromatic carbocycles. The minimum atomic E-state index is -3.90. The summed E-state index contributed by atoms with van der Waals surface area (Å²) < 4.78 is 44.9. The van der Waals surface area contributed by atoms with E-state index in [1.54, 1.807) is 23.6 Å². The highest BCUT2D eigenvalue weighted by molar-refractivity contribution is 7.91. The molecule has 0 aliphatic heterocycles. The number of hydrogen-bond acceptors (Lipinski definition) is 5. The fraction of sp³-hybridized carbons (Fsp3) is 0.167. The quantitative estimate of drug-likeness (QED) is 0.648. The van der Waals surface area contributed by atoms with Crippen LogP contribution in [0.1, 0.15) is 26.2 Å². The van der Waals surface area contributed by atoms with Crippen molar-refractivity contribution in [1.82, 2.24) is 5.32 Å². The maximum Gasteiger partial charge on any atom is 0.261 e. The second-order valence-corrected chi connectivity index (χ2v) is 8.73. The van der Waals surface area contributed by atoms with Crippen molar-refractivity contribution in [3.63, 3.8) is 0 Å². The minimum absolute atomic E-state index is 0.0248. The molecule has 0 spiro atoms. The Bertz CT molecular complexity index is 996. The first-order valence-corrected chi connectivity index (χ1v) is 10.2. The third-order valence-corrected chi connectivity index (χ3v) is 6.81. The maximum atomic E-state index is 13.5. The summed E-state index contributed by atoms with van der Waals surface area (Å²) in [6.07, 6.45) is 1.37. The van der Waals surface area contributed by atoms with Gasteiger partial charge >= 0.3 is 0 Å². The molecule has 1 atom stereocenters. The van der Waals surface area contributed by atoms with Crippen LogP contribution in [0.25, 0.3) is 0 Å². The highest BCUT2D eigenvalue weighted by Crippen LogP contribution is 2.30. The van der Waals surface area contributed by atoms with Crippen molar-refractivity contribution in [2.24, 2.45) is 0 Å². The van der Waals surface area contributed by atoms with E-state index >= 15 is 0 Å². The van der Waals surface area contributed by atoms with E-state index in [2.05, 4.69) is 5.32 Å². The number of nitrogens with one attached hydrogen (secondary N) is 1. The first-order valence-electron chi connectivity index (χ1n) is 7.75. The predicted molar refractivity (Wildman–Crippen MR) is 96.4 cm³/mol. The van der Waals surface area contributed by atoms with Crippen LogP contribution in [-0.2, 0) is 9.84 Å². The van der Waals surface area contributed by atoms with Gasteiger partial charge in [-0.2, -0.15) is 0 Å². The zero-order chi connectivity index (χ0) is 18.7. The van der Waals surface area contributed by atoms with E-state index in [1.165, 1.54) is 42.7 Å². The summed E-state index contributed by atoms with van der Waals surface area (Å²) >= 11 is 1.26. The zero-order valence-corrected chi connectivity index (χ0v) is 15.4. The summed E-state index contributed by atoms with van der Waals surface area (Å²) in [6.45, 7) is 1.33. The molecule has 0 bridgehead atoms. The van der Waals surface area contributed by atoms with Gasteiger partial charge in [-0.15, -0.1) is 11.3 Å². The Morgan fingerprint density at radius 2 is 2.08 bits per heavy atom. The van der Waals surface area contributed by atoms with Gasteiger partial charge in [-0.05, 0) is 54.3 Å². The Balaban J connectivity index is 1.90. The number of benzene rings is 1. The van der Waals surface area contributed by atoms with Crippen LogP contribution in [0, 0.1) is 12.7 Å². The number of sulfone groups is 1. The highest BCUT2D eigenvalue weighted by Gasteiger charge is 2.32. The molecule has 136 valence electrons. The van der Waals surface area contributed by atoms with E-state index in [0.29, 0.717) is 4.88 Å². The Morgan fingerprint density at radius 3 is 2.69 bits per heavy atom. The number of furan rings is 1. The van der Waals surface area contributed by atoms with Crippen molar-refractivity contribution >= 4 is 27.1 Å². The average molecular weight is 393 g/mol. The smallest absolute Gasteiger partial charge is 0.261 e. The van der Waals surface area contributed by atoms with E-state index in [1.807, 2.05) is 0 Å². The van der Waals surface area contributed by atoms with Crippen LogP contribution in [0.4, 0.5) is 4.39 Å². The molecular weight excluding hydrogens is 377 g/mol. The lowest BCUT2D eigenvalue weighted by Crippen LogP contribution is -2.31. The van der Waals surface area contributed by atoms with Crippen molar-refractivity contribution in [3.8, 4) is 0 Å². The SMILES string of the molecule is Cc1cc(S(=O)(=O)C(CNC(=O)c2cccs2)c2ccco2)ccc1F. The minimum Gasteiger partial charge on any atom is -0.468 e. The molecule has 0 aliphatic carbocycles. The molecule has 2 heterocycles. The van der Waals surface area contributed by atoms with Gasteiger partial charge < -0.3 is 9.73 Å². The lowest BCUT2D eigenvalue weighted by molar-refractivity contribution is 0.0957. The Morgan fingerprint density at radius 1 is 1.27 bits per heavy atom. The molecule has 0 saturated carbocycles. The molecule has 2 aromatic heterocycles. The van der Waals surface area contributed by atoms with Gasteiger partial charge in [0.1, 0.15) is 16.8 Å². The topological polar surface area (TPSA) is 76.4 Å². The summed E-state index contributed by atoms with van der Waals surface area (Å²) in [7, 11) is -3.90. The van der Waals surface area contributed by atoms with Crippen LogP contribution < -0.4 is 5.32 Å². The van der Waals surface area contributed by atoms with Crippen LogP contribution in [0.15, 0.2) is 63.4 Å². The Hall–Kier alpha value is -2.45. The molecule has 26 heavy (non-hydrogen) atoms. The largest absolute Gasteiger partial charge is 0.468 e. The monoisotopic (exact) mass is 393 g/mol. The molecule has 3 aromatic rings. The lowest BCUT2D eigenvalue weighted by atomic mass is 10.2. The Labute approximate surface area is 154 Å². The van der Waals surface area contributed by atoms with Gasteiger partial charge in [0.15, 0.2) is 9.84 Å². The van der Waals surface area contributed by atoms with Gasteiger partial charge in [0.05, 0.1) is 16.0 Å². The summed E-state index contributed by atoms with van der Waals surface area (Å²) in [6, 6.07) is 10.1. The van der Waals surface area contributed by atoms with Crippen LogP contribution in [-0.4, -0.2) is 20.9 Å². The Kier molecular flexibility index (Phi) is 5.24. The standard InChI is InChI=1S/C18H16FNO4S2/c1-12-10-13(6-7-14(12)19)26(22,23)17(15-4-2-8-24-15)11-20-18(21)16-5-3-9-25-16/h2-10,17H,11H2,1H3,(H,20,21). The number of aryl methyl sites for hydroxylation is 1. The highest BCUT2D eigenvalue weighted by atomic mass is 32.2. The summed E-state index contributed by atoms with van der Waals surface area (Å²) in [5.74, 6) is -0.634. The summed E-state index contributed by atoms with van der Waals surface area (Å²) in [5, 5.41) is 3.28. The fourth-order valence-corrected chi connectivity index (χ4v) is 4.79. The van der Waals surface area contributed by atoms with Gasteiger partial charge in [0.2, 0.25) is 0 Å². The van der Waals surface area contributed by atoms with Gasteiger partial charge in [-0.25, -0.2) is 12.8 Å². The van der Waals surface area contributed by atoms with E-state index in [0.717, 1.165) is 6.07 Å². The maximum absolute atomic E-state index is 13.5. The zero-order valence-electron chi connectivity index (χ0n) is 13.8. The summed E-state index contributed by atoms with van der Waals surface area (Å²) in [4.78, 5) is 12.6. The van der Waals surface area contributed by atoms with Crippen molar-refractivity contribution in [2.75, 3.05) is 6.54 Å². The van der Waals surface area contributed by atoms with Crippen LogP contribution in [0.2, 0.25) is 0 Å². The number of carbonyl (C=O) groups excluding carboxylic acids is 1. The van der Waals surface area contributed by atoms with Gasteiger partial charge in [0, 0.05) is 6.54 Å². The molecule has 0 aliphatic rings. The van der Waals surface area contributed by atoms with Crippen molar-refractivity contribution in [2.45, 2.75) is 17.1 Å². The first kappa shape index (κ1) is 18.3. The van der Waals surface area contributed by atoms with E-state index < -0.39 is 20.9 Å².